The van der Waals surface area contributed by atoms with Crippen molar-refractivity contribution in [3.8, 4) is 0 Å². The molecule has 0 aromatic heterocycles. The zero-order valence-corrected chi connectivity index (χ0v) is 15.4. The molecule has 2 aromatic rings. The molecule has 0 aliphatic rings. The molecule has 2 rings (SSSR count). The molecule has 0 unspecified atom stereocenters. The summed E-state index contributed by atoms with van der Waals surface area (Å²) in [5.74, 6) is 0.458. The average Bonchev–Trinajstić information content (AvgIpc) is 2.50. The minimum Gasteiger partial charge on any atom is -0.384 e. The Morgan fingerprint density at radius 2 is 1.87 bits per heavy atom. The summed E-state index contributed by atoms with van der Waals surface area (Å²) < 4.78 is 0.906. The Morgan fingerprint density at radius 1 is 1.13 bits per heavy atom. The van der Waals surface area contributed by atoms with Crippen LogP contribution in [0, 0.1) is 6.92 Å². The quantitative estimate of drug-likeness (QED) is 0.717. The van der Waals surface area contributed by atoms with E-state index < -0.39 is 0 Å². The van der Waals surface area contributed by atoms with Gasteiger partial charge in [-0.05, 0) is 58.1 Å². The van der Waals surface area contributed by atoms with Gasteiger partial charge in [0.25, 0.3) is 0 Å². The first-order chi connectivity index (χ1) is 11.0. The molecule has 0 aliphatic heterocycles. The summed E-state index contributed by atoms with van der Waals surface area (Å²) in [7, 11) is 0. The summed E-state index contributed by atoms with van der Waals surface area (Å²) in [5.41, 5.74) is 4.34. The largest absolute Gasteiger partial charge is 0.384 e. The van der Waals surface area contributed by atoms with Gasteiger partial charge in [-0.15, -0.1) is 0 Å². The number of halogens is 1. The van der Waals surface area contributed by atoms with Crippen molar-refractivity contribution in [2.45, 2.75) is 33.1 Å². The van der Waals surface area contributed by atoms with Crippen LogP contribution in [0.2, 0.25) is 0 Å². The molecule has 1 amide bonds. The van der Waals surface area contributed by atoms with Crippen molar-refractivity contribution in [1.29, 1.82) is 0 Å². The fraction of sp³-hybridized carbons (Fsp3) is 0.316. The zero-order chi connectivity index (χ0) is 16.8. The summed E-state index contributed by atoms with van der Waals surface area (Å²) in [6.07, 6.45) is 0.423. The number of aryl methyl sites for hydroxylation is 1. The van der Waals surface area contributed by atoms with Crippen LogP contribution < -0.4 is 10.6 Å². The van der Waals surface area contributed by atoms with Crippen LogP contribution in [0.25, 0.3) is 0 Å². The first kappa shape index (κ1) is 17.5. The van der Waals surface area contributed by atoms with E-state index in [4.69, 9.17) is 0 Å². The lowest BCUT2D eigenvalue weighted by Gasteiger charge is -2.14. The maximum absolute atomic E-state index is 12.1. The van der Waals surface area contributed by atoms with Gasteiger partial charge in [-0.3, -0.25) is 4.79 Å². The van der Waals surface area contributed by atoms with Gasteiger partial charge in [-0.2, -0.15) is 0 Å². The SMILES string of the molecule is Cc1ccc(NC(=O)CCNc2ccccc2C(C)C)c(Br)c1. The van der Waals surface area contributed by atoms with E-state index in [9.17, 15) is 4.79 Å². The lowest BCUT2D eigenvalue weighted by atomic mass is 10.0. The normalized spacial score (nSPS) is 10.7. The number of hydrogen-bond donors (Lipinski definition) is 2. The van der Waals surface area contributed by atoms with Crippen molar-refractivity contribution < 1.29 is 4.79 Å². The molecule has 23 heavy (non-hydrogen) atoms. The van der Waals surface area contributed by atoms with Crippen LogP contribution in [0.1, 0.15) is 37.3 Å². The van der Waals surface area contributed by atoms with E-state index in [2.05, 4.69) is 52.5 Å². The molecule has 0 atom stereocenters. The predicted molar refractivity (Wildman–Crippen MR) is 101 cm³/mol. The summed E-state index contributed by atoms with van der Waals surface area (Å²) in [5, 5.41) is 6.30. The summed E-state index contributed by atoms with van der Waals surface area (Å²) in [6.45, 7) is 6.97. The molecular formula is C19H23BrN2O. The Bertz CT molecular complexity index is 683. The highest BCUT2D eigenvalue weighted by Gasteiger charge is 2.08. The van der Waals surface area contributed by atoms with Crippen LogP contribution >= 0.6 is 15.9 Å². The average molecular weight is 375 g/mol. The third kappa shape index (κ3) is 5.10. The van der Waals surface area contributed by atoms with E-state index >= 15 is 0 Å². The van der Waals surface area contributed by atoms with Crippen LogP contribution in [0.3, 0.4) is 0 Å². The highest BCUT2D eigenvalue weighted by atomic mass is 79.9. The highest BCUT2D eigenvalue weighted by Crippen LogP contribution is 2.24. The minimum atomic E-state index is 0.00378. The fourth-order valence-corrected chi connectivity index (χ4v) is 3.00. The van der Waals surface area contributed by atoms with Gasteiger partial charge in [-0.1, -0.05) is 38.1 Å². The molecule has 122 valence electrons. The maximum Gasteiger partial charge on any atom is 0.226 e. The zero-order valence-electron chi connectivity index (χ0n) is 13.8. The molecule has 3 nitrogen and oxygen atoms in total. The van der Waals surface area contributed by atoms with E-state index in [0.717, 1.165) is 21.4 Å². The van der Waals surface area contributed by atoms with Crippen LogP contribution in [0.5, 0.6) is 0 Å². The predicted octanol–water partition coefficient (Wildman–Crippen LogP) is 5.32. The lowest BCUT2D eigenvalue weighted by Crippen LogP contribution is -2.17. The molecule has 0 bridgehead atoms. The van der Waals surface area contributed by atoms with E-state index in [-0.39, 0.29) is 5.91 Å². The van der Waals surface area contributed by atoms with Crippen LogP contribution in [-0.4, -0.2) is 12.5 Å². The van der Waals surface area contributed by atoms with Crippen LogP contribution in [0.15, 0.2) is 46.9 Å². The van der Waals surface area contributed by atoms with Gasteiger partial charge in [0.15, 0.2) is 0 Å². The molecule has 2 N–H and O–H groups in total. The van der Waals surface area contributed by atoms with Crippen molar-refractivity contribution in [1.82, 2.24) is 0 Å². The monoisotopic (exact) mass is 374 g/mol. The second-order valence-electron chi connectivity index (χ2n) is 5.95. The Morgan fingerprint density at radius 3 is 2.57 bits per heavy atom. The Labute approximate surface area is 146 Å². The number of nitrogens with one attached hydrogen (secondary N) is 2. The standard InChI is InChI=1S/C19H23BrN2O/c1-13(2)15-6-4-5-7-17(15)21-11-10-19(23)22-18-9-8-14(3)12-16(18)20/h4-9,12-13,21H,10-11H2,1-3H3,(H,22,23). The van der Waals surface area contributed by atoms with Crippen LogP contribution in [-0.2, 0) is 4.79 Å². The van der Waals surface area contributed by atoms with E-state index in [0.29, 0.717) is 18.9 Å². The Hall–Kier alpha value is -1.81. The number of para-hydroxylation sites is 1. The van der Waals surface area contributed by atoms with Crippen molar-refractivity contribution in [3.05, 3.63) is 58.1 Å². The molecule has 0 saturated carbocycles. The Balaban J connectivity index is 1.88. The molecule has 0 spiro atoms. The van der Waals surface area contributed by atoms with Gasteiger partial charge in [0.1, 0.15) is 0 Å². The number of carbonyl (C=O) groups is 1. The second-order valence-corrected chi connectivity index (χ2v) is 6.80. The molecule has 0 aliphatic carbocycles. The molecule has 2 aromatic carbocycles. The summed E-state index contributed by atoms with van der Waals surface area (Å²) in [6, 6.07) is 14.1. The number of rotatable bonds is 6. The maximum atomic E-state index is 12.1. The van der Waals surface area contributed by atoms with E-state index in [1.165, 1.54) is 5.56 Å². The van der Waals surface area contributed by atoms with Crippen molar-refractivity contribution >= 4 is 33.2 Å². The topological polar surface area (TPSA) is 41.1 Å². The highest BCUT2D eigenvalue weighted by molar-refractivity contribution is 9.10. The summed E-state index contributed by atoms with van der Waals surface area (Å²) in [4.78, 5) is 12.1. The number of amides is 1. The van der Waals surface area contributed by atoms with Crippen molar-refractivity contribution in [2.75, 3.05) is 17.2 Å². The molecular weight excluding hydrogens is 352 g/mol. The van der Waals surface area contributed by atoms with Crippen LogP contribution in [0.4, 0.5) is 11.4 Å². The molecule has 0 radical (unpaired) electrons. The Kier molecular flexibility index (Phi) is 6.22. The summed E-state index contributed by atoms with van der Waals surface area (Å²) >= 11 is 3.48. The van der Waals surface area contributed by atoms with Gasteiger partial charge in [0, 0.05) is 23.1 Å². The third-order valence-electron chi connectivity index (χ3n) is 3.65. The number of benzene rings is 2. The smallest absolute Gasteiger partial charge is 0.226 e. The van der Waals surface area contributed by atoms with Crippen molar-refractivity contribution in [2.24, 2.45) is 0 Å². The number of hydrogen-bond acceptors (Lipinski definition) is 2. The molecule has 4 heteroatoms. The van der Waals surface area contributed by atoms with Crippen molar-refractivity contribution in [3.63, 3.8) is 0 Å². The number of carbonyl (C=O) groups excluding carboxylic acids is 1. The first-order valence-electron chi connectivity index (χ1n) is 7.86. The molecule has 0 fully saturated rings. The minimum absolute atomic E-state index is 0.00378. The third-order valence-corrected chi connectivity index (χ3v) is 4.31. The van der Waals surface area contributed by atoms with Gasteiger partial charge in [0.2, 0.25) is 5.91 Å². The van der Waals surface area contributed by atoms with E-state index in [1.54, 1.807) is 0 Å². The fourth-order valence-electron chi connectivity index (χ4n) is 2.41. The molecule has 0 saturated heterocycles. The van der Waals surface area contributed by atoms with Gasteiger partial charge in [-0.25, -0.2) is 0 Å². The second kappa shape index (κ2) is 8.16. The van der Waals surface area contributed by atoms with Gasteiger partial charge >= 0.3 is 0 Å². The molecule has 0 heterocycles. The van der Waals surface area contributed by atoms with E-state index in [1.807, 2.05) is 37.3 Å². The lowest BCUT2D eigenvalue weighted by molar-refractivity contribution is -0.115. The first-order valence-corrected chi connectivity index (χ1v) is 8.65. The van der Waals surface area contributed by atoms with Gasteiger partial charge < -0.3 is 10.6 Å². The van der Waals surface area contributed by atoms with Gasteiger partial charge in [0.05, 0.1) is 5.69 Å². The number of anilines is 2.